The van der Waals surface area contributed by atoms with Gasteiger partial charge in [0.2, 0.25) is 0 Å². The van der Waals surface area contributed by atoms with Crippen LogP contribution in [0.15, 0.2) is 12.3 Å². The lowest BCUT2D eigenvalue weighted by molar-refractivity contribution is 0.0925. The Kier molecular flexibility index (Phi) is 6.27. The SMILES string of the molecule is COCCCn1nccc1C(=O)NCCOC. The predicted molar refractivity (Wildman–Crippen MR) is 62.9 cm³/mol. The van der Waals surface area contributed by atoms with Crippen molar-refractivity contribution in [3.63, 3.8) is 0 Å². The molecule has 6 nitrogen and oxygen atoms in total. The minimum absolute atomic E-state index is 0.128. The summed E-state index contributed by atoms with van der Waals surface area (Å²) in [6.45, 7) is 2.33. The molecule has 0 aliphatic rings. The number of methoxy groups -OCH3 is 2. The summed E-state index contributed by atoms with van der Waals surface area (Å²) >= 11 is 0. The molecule has 0 aromatic carbocycles. The Morgan fingerprint density at radius 3 is 2.88 bits per heavy atom. The van der Waals surface area contributed by atoms with Crippen molar-refractivity contribution in [2.75, 3.05) is 34.0 Å². The van der Waals surface area contributed by atoms with Gasteiger partial charge in [-0.1, -0.05) is 0 Å². The average molecular weight is 241 g/mol. The summed E-state index contributed by atoms with van der Waals surface area (Å²) in [4.78, 5) is 11.8. The zero-order valence-electron chi connectivity index (χ0n) is 10.3. The van der Waals surface area contributed by atoms with E-state index in [1.165, 1.54) is 0 Å². The second-order valence-electron chi connectivity index (χ2n) is 3.53. The van der Waals surface area contributed by atoms with Gasteiger partial charge in [0, 0.05) is 40.1 Å². The molecule has 0 radical (unpaired) electrons. The van der Waals surface area contributed by atoms with Crippen LogP contribution >= 0.6 is 0 Å². The van der Waals surface area contributed by atoms with Gasteiger partial charge in [-0.25, -0.2) is 0 Å². The number of carbonyl (C=O) groups is 1. The molecule has 0 spiro atoms. The second kappa shape index (κ2) is 7.81. The normalized spacial score (nSPS) is 10.5. The number of aromatic nitrogens is 2. The second-order valence-corrected chi connectivity index (χ2v) is 3.53. The molecule has 1 aromatic rings. The number of aryl methyl sites for hydroxylation is 1. The van der Waals surface area contributed by atoms with Crippen molar-refractivity contribution in [2.24, 2.45) is 0 Å². The summed E-state index contributed by atoms with van der Waals surface area (Å²) in [6.07, 6.45) is 2.45. The Bertz CT molecular complexity index is 338. The van der Waals surface area contributed by atoms with Crippen molar-refractivity contribution in [3.8, 4) is 0 Å². The molecule has 0 bridgehead atoms. The zero-order valence-corrected chi connectivity index (χ0v) is 10.3. The largest absolute Gasteiger partial charge is 0.385 e. The minimum atomic E-state index is -0.128. The van der Waals surface area contributed by atoms with Crippen LogP contribution in [0.4, 0.5) is 0 Å². The Morgan fingerprint density at radius 2 is 2.18 bits per heavy atom. The maximum absolute atomic E-state index is 11.8. The Labute approximate surface area is 101 Å². The molecule has 0 saturated heterocycles. The number of hydrogen-bond donors (Lipinski definition) is 1. The summed E-state index contributed by atoms with van der Waals surface area (Å²) in [7, 11) is 3.25. The first kappa shape index (κ1) is 13.7. The third-order valence-corrected chi connectivity index (χ3v) is 2.26. The summed E-state index contributed by atoms with van der Waals surface area (Å²) in [5.74, 6) is -0.128. The van der Waals surface area contributed by atoms with Crippen LogP contribution in [0, 0.1) is 0 Å². The summed E-state index contributed by atoms with van der Waals surface area (Å²) in [5.41, 5.74) is 0.567. The fraction of sp³-hybridized carbons (Fsp3) is 0.636. The number of nitrogens with one attached hydrogen (secondary N) is 1. The first-order valence-corrected chi connectivity index (χ1v) is 5.57. The third-order valence-electron chi connectivity index (χ3n) is 2.26. The van der Waals surface area contributed by atoms with Crippen LogP contribution in [0.5, 0.6) is 0 Å². The van der Waals surface area contributed by atoms with E-state index in [2.05, 4.69) is 10.4 Å². The van der Waals surface area contributed by atoms with Gasteiger partial charge in [0.1, 0.15) is 5.69 Å². The molecule has 0 saturated carbocycles. The van der Waals surface area contributed by atoms with Gasteiger partial charge in [-0.3, -0.25) is 9.48 Å². The molecular weight excluding hydrogens is 222 g/mol. The Balaban J connectivity index is 2.46. The summed E-state index contributed by atoms with van der Waals surface area (Å²) in [6, 6.07) is 1.70. The molecule has 1 rings (SSSR count). The van der Waals surface area contributed by atoms with Crippen molar-refractivity contribution < 1.29 is 14.3 Å². The number of amides is 1. The molecular formula is C11H19N3O3. The smallest absolute Gasteiger partial charge is 0.269 e. The van der Waals surface area contributed by atoms with E-state index in [9.17, 15) is 4.79 Å². The Morgan fingerprint density at radius 1 is 1.41 bits per heavy atom. The van der Waals surface area contributed by atoms with Gasteiger partial charge < -0.3 is 14.8 Å². The monoisotopic (exact) mass is 241 g/mol. The van der Waals surface area contributed by atoms with Crippen LogP contribution in [-0.2, 0) is 16.0 Å². The molecule has 1 N–H and O–H groups in total. The first-order chi connectivity index (χ1) is 8.29. The number of nitrogens with zero attached hydrogens (tertiary/aromatic N) is 2. The van der Waals surface area contributed by atoms with Crippen molar-refractivity contribution in [1.82, 2.24) is 15.1 Å². The van der Waals surface area contributed by atoms with E-state index in [1.807, 2.05) is 0 Å². The highest BCUT2D eigenvalue weighted by Gasteiger charge is 2.10. The lowest BCUT2D eigenvalue weighted by Gasteiger charge is -2.07. The van der Waals surface area contributed by atoms with E-state index in [0.29, 0.717) is 32.0 Å². The first-order valence-electron chi connectivity index (χ1n) is 5.57. The fourth-order valence-corrected chi connectivity index (χ4v) is 1.42. The van der Waals surface area contributed by atoms with Crippen molar-refractivity contribution in [3.05, 3.63) is 18.0 Å². The molecule has 0 aliphatic heterocycles. The van der Waals surface area contributed by atoms with E-state index in [1.54, 1.807) is 31.2 Å². The van der Waals surface area contributed by atoms with E-state index < -0.39 is 0 Å². The van der Waals surface area contributed by atoms with Crippen LogP contribution in [0.3, 0.4) is 0 Å². The quantitative estimate of drug-likeness (QED) is 0.665. The minimum Gasteiger partial charge on any atom is -0.385 e. The highest BCUT2D eigenvalue weighted by Crippen LogP contribution is 2.00. The molecule has 1 heterocycles. The topological polar surface area (TPSA) is 65.4 Å². The average Bonchev–Trinajstić information content (AvgIpc) is 2.78. The van der Waals surface area contributed by atoms with E-state index in [-0.39, 0.29) is 5.91 Å². The molecule has 96 valence electrons. The predicted octanol–water partition coefficient (Wildman–Crippen LogP) is 0.296. The molecule has 0 fully saturated rings. The van der Waals surface area contributed by atoms with E-state index in [0.717, 1.165) is 6.42 Å². The molecule has 0 atom stereocenters. The van der Waals surface area contributed by atoms with Crippen LogP contribution < -0.4 is 5.32 Å². The molecule has 0 aliphatic carbocycles. The van der Waals surface area contributed by atoms with Crippen molar-refractivity contribution in [1.29, 1.82) is 0 Å². The van der Waals surface area contributed by atoms with Gasteiger partial charge in [-0.15, -0.1) is 0 Å². The molecule has 0 unspecified atom stereocenters. The lowest BCUT2D eigenvalue weighted by Crippen LogP contribution is -2.29. The van der Waals surface area contributed by atoms with Crippen molar-refractivity contribution >= 4 is 5.91 Å². The van der Waals surface area contributed by atoms with Gasteiger partial charge in [-0.05, 0) is 12.5 Å². The van der Waals surface area contributed by atoms with Crippen LogP contribution in [-0.4, -0.2) is 49.7 Å². The zero-order chi connectivity index (χ0) is 12.5. The summed E-state index contributed by atoms with van der Waals surface area (Å²) in [5, 5.41) is 6.87. The highest BCUT2D eigenvalue weighted by atomic mass is 16.5. The Hall–Kier alpha value is -1.40. The fourth-order valence-electron chi connectivity index (χ4n) is 1.42. The molecule has 1 aromatic heterocycles. The van der Waals surface area contributed by atoms with E-state index >= 15 is 0 Å². The molecule has 1 amide bonds. The van der Waals surface area contributed by atoms with E-state index in [4.69, 9.17) is 9.47 Å². The van der Waals surface area contributed by atoms with Gasteiger partial charge >= 0.3 is 0 Å². The van der Waals surface area contributed by atoms with Crippen LogP contribution in [0.1, 0.15) is 16.9 Å². The number of ether oxygens (including phenoxy) is 2. The van der Waals surface area contributed by atoms with Gasteiger partial charge in [0.25, 0.3) is 5.91 Å². The third kappa shape index (κ3) is 4.54. The standard InChI is InChI=1S/C11H19N3O3/c1-16-8-3-7-14-10(4-5-13-14)11(15)12-6-9-17-2/h4-5H,3,6-9H2,1-2H3,(H,12,15). The number of hydrogen-bond acceptors (Lipinski definition) is 4. The van der Waals surface area contributed by atoms with Gasteiger partial charge in [-0.2, -0.15) is 5.10 Å². The van der Waals surface area contributed by atoms with Gasteiger partial charge in [0.15, 0.2) is 0 Å². The lowest BCUT2D eigenvalue weighted by atomic mass is 10.3. The number of carbonyl (C=O) groups excluding carboxylic acids is 1. The van der Waals surface area contributed by atoms with Gasteiger partial charge in [0.05, 0.1) is 6.61 Å². The maximum atomic E-state index is 11.8. The molecule has 17 heavy (non-hydrogen) atoms. The number of rotatable bonds is 8. The molecule has 6 heteroatoms. The van der Waals surface area contributed by atoms with Crippen molar-refractivity contribution in [2.45, 2.75) is 13.0 Å². The van der Waals surface area contributed by atoms with Crippen LogP contribution in [0.2, 0.25) is 0 Å². The van der Waals surface area contributed by atoms with Crippen LogP contribution in [0.25, 0.3) is 0 Å². The maximum Gasteiger partial charge on any atom is 0.269 e. The highest BCUT2D eigenvalue weighted by molar-refractivity contribution is 5.92. The summed E-state index contributed by atoms with van der Waals surface area (Å²) < 4.78 is 11.5.